The van der Waals surface area contributed by atoms with E-state index in [4.69, 9.17) is 4.98 Å². The Labute approximate surface area is 142 Å². The van der Waals surface area contributed by atoms with E-state index < -0.39 is 0 Å². The van der Waals surface area contributed by atoms with E-state index in [1.807, 2.05) is 31.2 Å². The van der Waals surface area contributed by atoms with Crippen molar-refractivity contribution in [3.63, 3.8) is 0 Å². The van der Waals surface area contributed by atoms with Crippen molar-refractivity contribution in [2.45, 2.75) is 57.7 Å². The molecule has 1 aliphatic carbocycles. The third kappa shape index (κ3) is 3.68. The van der Waals surface area contributed by atoms with Crippen molar-refractivity contribution in [3.05, 3.63) is 40.4 Å². The fourth-order valence-corrected chi connectivity index (χ4v) is 3.72. The minimum atomic E-state index is -0.385. The molecule has 1 N–H and O–H groups in total. The average molecular weight is 329 g/mol. The molecular weight excluding hydrogens is 302 g/mol. The Morgan fingerprint density at radius 3 is 2.71 bits per heavy atom. The first-order chi connectivity index (χ1) is 11.6. The molecule has 0 aliphatic heterocycles. The number of fused-ring (bicyclic) bond motifs is 1. The number of para-hydroxylation sites is 1. The predicted molar refractivity (Wildman–Crippen MR) is 95.9 cm³/mol. The van der Waals surface area contributed by atoms with Crippen LogP contribution >= 0.6 is 0 Å². The van der Waals surface area contributed by atoms with E-state index in [2.05, 4.69) is 4.90 Å². The second-order valence-corrected chi connectivity index (χ2v) is 6.98. The zero-order valence-corrected chi connectivity index (χ0v) is 14.6. The van der Waals surface area contributed by atoms with E-state index in [0.29, 0.717) is 24.5 Å². The molecule has 0 radical (unpaired) electrons. The summed E-state index contributed by atoms with van der Waals surface area (Å²) in [5, 5.41) is 10.6. The Kier molecular flexibility index (Phi) is 5.31. The van der Waals surface area contributed by atoms with Gasteiger partial charge in [-0.3, -0.25) is 14.3 Å². The van der Waals surface area contributed by atoms with Gasteiger partial charge in [-0.2, -0.15) is 0 Å². The standard InChI is InChI=1S/C19H27N3O2/c1-14(23)12-22(15-8-4-3-5-9-15)13-18-20-17-11-7-6-10-16(17)19(24)21(18)2/h6-7,10-11,14-15,23H,3-5,8-9,12-13H2,1-2H3. The number of aliphatic hydroxyl groups excluding tert-OH is 1. The second kappa shape index (κ2) is 7.45. The fraction of sp³-hybridized carbons (Fsp3) is 0.579. The van der Waals surface area contributed by atoms with Gasteiger partial charge >= 0.3 is 0 Å². The van der Waals surface area contributed by atoms with E-state index in [1.165, 1.54) is 19.3 Å². The quantitative estimate of drug-likeness (QED) is 0.915. The SMILES string of the molecule is CC(O)CN(Cc1nc2ccccc2c(=O)n1C)C1CCCCC1. The van der Waals surface area contributed by atoms with Crippen molar-refractivity contribution in [1.82, 2.24) is 14.5 Å². The molecule has 1 saturated carbocycles. The van der Waals surface area contributed by atoms with Crippen molar-refractivity contribution in [2.75, 3.05) is 6.54 Å². The highest BCUT2D eigenvalue weighted by molar-refractivity contribution is 5.77. The molecule has 0 amide bonds. The molecule has 2 aromatic rings. The second-order valence-electron chi connectivity index (χ2n) is 6.98. The van der Waals surface area contributed by atoms with Crippen LogP contribution in [0, 0.1) is 0 Å². The molecule has 1 heterocycles. The van der Waals surface area contributed by atoms with Crippen LogP contribution in [0.4, 0.5) is 0 Å². The van der Waals surface area contributed by atoms with Gasteiger partial charge in [-0.15, -0.1) is 0 Å². The van der Waals surface area contributed by atoms with Crippen molar-refractivity contribution in [3.8, 4) is 0 Å². The topological polar surface area (TPSA) is 58.4 Å². The zero-order chi connectivity index (χ0) is 17.1. The molecule has 5 nitrogen and oxygen atoms in total. The van der Waals surface area contributed by atoms with Crippen LogP contribution in [-0.2, 0) is 13.6 Å². The van der Waals surface area contributed by atoms with Crippen LogP contribution in [0.5, 0.6) is 0 Å². The summed E-state index contributed by atoms with van der Waals surface area (Å²) in [5.74, 6) is 0.768. The Balaban J connectivity index is 1.92. The first kappa shape index (κ1) is 17.1. The predicted octanol–water partition coefficient (Wildman–Crippen LogP) is 2.45. The van der Waals surface area contributed by atoms with Gasteiger partial charge in [0.25, 0.3) is 5.56 Å². The number of rotatable bonds is 5. The Morgan fingerprint density at radius 1 is 1.29 bits per heavy atom. The van der Waals surface area contributed by atoms with Crippen LogP contribution in [0.25, 0.3) is 10.9 Å². The van der Waals surface area contributed by atoms with Crippen LogP contribution in [0.2, 0.25) is 0 Å². The van der Waals surface area contributed by atoms with Gasteiger partial charge in [-0.25, -0.2) is 4.98 Å². The molecule has 3 rings (SSSR count). The molecule has 1 aromatic heterocycles. The molecule has 1 aromatic carbocycles. The van der Waals surface area contributed by atoms with E-state index >= 15 is 0 Å². The van der Waals surface area contributed by atoms with Crippen LogP contribution in [0.3, 0.4) is 0 Å². The van der Waals surface area contributed by atoms with Crippen molar-refractivity contribution >= 4 is 10.9 Å². The number of aromatic nitrogens is 2. The summed E-state index contributed by atoms with van der Waals surface area (Å²) in [5.41, 5.74) is 0.743. The monoisotopic (exact) mass is 329 g/mol. The van der Waals surface area contributed by atoms with Gasteiger partial charge in [-0.1, -0.05) is 31.4 Å². The smallest absolute Gasteiger partial charge is 0.261 e. The largest absolute Gasteiger partial charge is 0.392 e. The summed E-state index contributed by atoms with van der Waals surface area (Å²) in [6.45, 7) is 3.04. The maximum Gasteiger partial charge on any atom is 0.261 e. The van der Waals surface area contributed by atoms with Gasteiger partial charge in [0.05, 0.1) is 23.6 Å². The minimum Gasteiger partial charge on any atom is -0.392 e. The lowest BCUT2D eigenvalue weighted by atomic mass is 9.94. The summed E-state index contributed by atoms with van der Waals surface area (Å²) in [7, 11) is 1.79. The average Bonchev–Trinajstić information content (AvgIpc) is 2.59. The number of nitrogens with zero attached hydrogens (tertiary/aromatic N) is 3. The molecule has 0 bridgehead atoms. The molecule has 1 fully saturated rings. The minimum absolute atomic E-state index is 0.00348. The van der Waals surface area contributed by atoms with Crippen LogP contribution < -0.4 is 5.56 Å². The Morgan fingerprint density at radius 2 is 2.00 bits per heavy atom. The van der Waals surface area contributed by atoms with Crippen LogP contribution in [0.1, 0.15) is 44.9 Å². The first-order valence-electron chi connectivity index (χ1n) is 8.93. The first-order valence-corrected chi connectivity index (χ1v) is 8.93. The zero-order valence-electron chi connectivity index (χ0n) is 14.6. The molecule has 0 saturated heterocycles. The van der Waals surface area contributed by atoms with Gasteiger partial charge in [0.15, 0.2) is 0 Å². The van der Waals surface area contributed by atoms with Gasteiger partial charge in [-0.05, 0) is 31.9 Å². The molecule has 1 atom stereocenters. The van der Waals surface area contributed by atoms with E-state index in [9.17, 15) is 9.90 Å². The lowest BCUT2D eigenvalue weighted by molar-refractivity contribution is 0.0741. The highest BCUT2D eigenvalue weighted by atomic mass is 16.3. The van der Waals surface area contributed by atoms with Gasteiger partial charge in [0.2, 0.25) is 0 Å². The summed E-state index contributed by atoms with van der Waals surface area (Å²) < 4.78 is 1.65. The van der Waals surface area contributed by atoms with Gasteiger partial charge in [0, 0.05) is 19.6 Å². The number of aliphatic hydroxyl groups is 1. The normalized spacial score (nSPS) is 17.5. The summed E-state index contributed by atoms with van der Waals surface area (Å²) >= 11 is 0. The molecule has 1 unspecified atom stereocenters. The molecule has 24 heavy (non-hydrogen) atoms. The maximum absolute atomic E-state index is 12.6. The van der Waals surface area contributed by atoms with Gasteiger partial charge < -0.3 is 5.11 Å². The lowest BCUT2D eigenvalue weighted by Crippen LogP contribution is -2.42. The third-order valence-electron chi connectivity index (χ3n) is 5.01. The summed E-state index contributed by atoms with van der Waals surface area (Å²) in [6, 6.07) is 7.96. The number of hydrogen-bond donors (Lipinski definition) is 1. The van der Waals surface area contributed by atoms with Crippen LogP contribution in [0.15, 0.2) is 29.1 Å². The number of benzene rings is 1. The molecule has 0 spiro atoms. The van der Waals surface area contributed by atoms with Crippen molar-refractivity contribution in [1.29, 1.82) is 0 Å². The van der Waals surface area contributed by atoms with E-state index in [0.717, 1.165) is 24.2 Å². The highest BCUT2D eigenvalue weighted by Gasteiger charge is 2.24. The summed E-state index contributed by atoms with van der Waals surface area (Å²) in [6.07, 6.45) is 5.72. The molecule has 1 aliphatic rings. The lowest BCUT2D eigenvalue weighted by Gasteiger charge is -2.35. The van der Waals surface area contributed by atoms with Gasteiger partial charge in [0.1, 0.15) is 5.82 Å². The fourth-order valence-electron chi connectivity index (χ4n) is 3.72. The molecular formula is C19H27N3O2. The summed E-state index contributed by atoms with van der Waals surface area (Å²) in [4.78, 5) is 19.6. The van der Waals surface area contributed by atoms with E-state index in [1.54, 1.807) is 11.6 Å². The number of hydrogen-bond acceptors (Lipinski definition) is 4. The molecule has 5 heteroatoms. The van der Waals surface area contributed by atoms with Crippen molar-refractivity contribution in [2.24, 2.45) is 7.05 Å². The molecule has 130 valence electrons. The van der Waals surface area contributed by atoms with E-state index in [-0.39, 0.29) is 11.7 Å². The Hall–Kier alpha value is -1.72. The van der Waals surface area contributed by atoms with Crippen LogP contribution in [-0.4, -0.2) is 38.2 Å². The third-order valence-corrected chi connectivity index (χ3v) is 5.01. The maximum atomic E-state index is 12.6. The highest BCUT2D eigenvalue weighted by Crippen LogP contribution is 2.24. The van der Waals surface area contributed by atoms with Crippen molar-refractivity contribution < 1.29 is 5.11 Å². The Bertz CT molecular complexity index is 748.